The lowest BCUT2D eigenvalue weighted by Crippen LogP contribution is -2.22. The number of ketones is 2. The zero-order chi connectivity index (χ0) is 19.0. The van der Waals surface area contributed by atoms with Crippen LogP contribution in [-0.4, -0.2) is 23.2 Å². The number of carbonyl (C=O) groups is 2. The largest absolute Gasteiger partial charge is 0.507 e. The van der Waals surface area contributed by atoms with E-state index < -0.39 is 0 Å². The van der Waals surface area contributed by atoms with Crippen molar-refractivity contribution in [1.82, 2.24) is 0 Å². The Balaban J connectivity index is 1.78. The van der Waals surface area contributed by atoms with Crippen molar-refractivity contribution >= 4 is 28.6 Å². The van der Waals surface area contributed by atoms with Crippen molar-refractivity contribution in [2.24, 2.45) is 0 Å². The van der Waals surface area contributed by atoms with Crippen LogP contribution in [-0.2, 0) is 0 Å². The van der Waals surface area contributed by atoms with Crippen molar-refractivity contribution in [1.29, 1.82) is 0 Å². The molecule has 0 radical (unpaired) electrons. The Bertz CT molecular complexity index is 1060. The van der Waals surface area contributed by atoms with Crippen LogP contribution in [0.5, 0.6) is 5.75 Å². The summed E-state index contributed by atoms with van der Waals surface area (Å²) in [5.41, 5.74) is 3.19. The number of hydrogen-bond donors (Lipinski definition) is 3. The zero-order valence-electron chi connectivity index (χ0n) is 14.7. The molecule has 0 unspecified atom stereocenters. The highest BCUT2D eigenvalue weighted by Gasteiger charge is 2.33. The molecule has 0 saturated carbocycles. The maximum absolute atomic E-state index is 13.0. The second-order valence-electron chi connectivity index (χ2n) is 6.32. The highest BCUT2D eigenvalue weighted by atomic mass is 16.3. The van der Waals surface area contributed by atoms with Gasteiger partial charge in [0.15, 0.2) is 11.6 Å². The third-order valence-corrected chi connectivity index (χ3v) is 4.60. The zero-order valence-corrected chi connectivity index (χ0v) is 14.7. The van der Waals surface area contributed by atoms with E-state index in [1.165, 1.54) is 6.07 Å². The quantitative estimate of drug-likeness (QED) is 0.473. The van der Waals surface area contributed by atoms with Gasteiger partial charge in [-0.25, -0.2) is 0 Å². The fraction of sp³-hybridized carbons (Fsp3) is 0.0909. The van der Waals surface area contributed by atoms with Crippen LogP contribution in [0.1, 0.15) is 38.8 Å². The highest BCUT2D eigenvalue weighted by Crippen LogP contribution is 2.38. The number of rotatable bonds is 4. The molecule has 5 heteroatoms. The van der Waals surface area contributed by atoms with Crippen LogP contribution < -0.4 is 10.6 Å². The lowest BCUT2D eigenvalue weighted by atomic mass is 9.82. The minimum absolute atomic E-state index is 0.0490. The summed E-state index contributed by atoms with van der Waals surface area (Å²) in [6.45, 7) is 2.85. The summed E-state index contributed by atoms with van der Waals surface area (Å²) < 4.78 is 0. The molecule has 1 aliphatic carbocycles. The molecule has 0 heterocycles. The van der Waals surface area contributed by atoms with Gasteiger partial charge in [0.05, 0.1) is 16.8 Å². The van der Waals surface area contributed by atoms with Gasteiger partial charge >= 0.3 is 0 Å². The summed E-state index contributed by atoms with van der Waals surface area (Å²) in [4.78, 5) is 25.9. The van der Waals surface area contributed by atoms with Gasteiger partial charge in [0.1, 0.15) is 5.75 Å². The van der Waals surface area contributed by atoms with Crippen LogP contribution in [0.4, 0.5) is 17.1 Å². The first-order chi connectivity index (χ1) is 13.1. The normalized spacial score (nSPS) is 12.3. The Labute approximate surface area is 156 Å². The average molecular weight is 358 g/mol. The van der Waals surface area contributed by atoms with E-state index >= 15 is 0 Å². The van der Waals surface area contributed by atoms with Crippen molar-refractivity contribution in [2.45, 2.75) is 6.92 Å². The smallest absolute Gasteiger partial charge is 0.198 e. The van der Waals surface area contributed by atoms with Gasteiger partial charge in [-0.05, 0) is 43.3 Å². The van der Waals surface area contributed by atoms with Crippen LogP contribution in [0.3, 0.4) is 0 Å². The van der Waals surface area contributed by atoms with Crippen molar-refractivity contribution in [3.05, 3.63) is 82.9 Å². The highest BCUT2D eigenvalue weighted by molar-refractivity contribution is 6.31. The molecule has 3 aromatic carbocycles. The lowest BCUT2D eigenvalue weighted by Gasteiger charge is -2.21. The van der Waals surface area contributed by atoms with Crippen molar-refractivity contribution in [3.8, 4) is 5.75 Å². The van der Waals surface area contributed by atoms with Crippen LogP contribution in [0, 0.1) is 0 Å². The molecular weight excluding hydrogens is 340 g/mol. The van der Waals surface area contributed by atoms with E-state index in [0.717, 1.165) is 17.9 Å². The number of carbonyl (C=O) groups excluding carboxylic acids is 2. The summed E-state index contributed by atoms with van der Waals surface area (Å²) >= 11 is 0. The molecule has 0 bridgehead atoms. The molecule has 134 valence electrons. The van der Waals surface area contributed by atoms with Crippen LogP contribution in [0.15, 0.2) is 60.7 Å². The predicted octanol–water partition coefficient (Wildman–Crippen LogP) is 4.34. The van der Waals surface area contributed by atoms with Gasteiger partial charge < -0.3 is 15.7 Å². The number of phenols is 1. The van der Waals surface area contributed by atoms with E-state index in [0.29, 0.717) is 16.8 Å². The van der Waals surface area contributed by atoms with Gasteiger partial charge in [-0.3, -0.25) is 9.59 Å². The Morgan fingerprint density at radius 2 is 1.37 bits per heavy atom. The van der Waals surface area contributed by atoms with E-state index in [-0.39, 0.29) is 28.4 Å². The molecule has 0 saturated heterocycles. The molecule has 1 aliphatic rings. The molecule has 5 nitrogen and oxygen atoms in total. The monoisotopic (exact) mass is 358 g/mol. The van der Waals surface area contributed by atoms with Gasteiger partial charge in [0, 0.05) is 29.0 Å². The molecule has 0 spiro atoms. The van der Waals surface area contributed by atoms with Crippen LogP contribution >= 0.6 is 0 Å². The van der Waals surface area contributed by atoms with Gasteiger partial charge in [-0.1, -0.05) is 24.3 Å². The number of hydrogen-bond acceptors (Lipinski definition) is 5. The number of benzene rings is 3. The molecule has 27 heavy (non-hydrogen) atoms. The number of phenolic OH excluding ortho intramolecular Hbond substituents is 1. The van der Waals surface area contributed by atoms with Crippen molar-refractivity contribution < 1.29 is 14.7 Å². The second-order valence-corrected chi connectivity index (χ2v) is 6.32. The molecule has 0 amide bonds. The molecule has 0 aliphatic heterocycles. The number of fused-ring (bicyclic) bond motifs is 2. The maximum Gasteiger partial charge on any atom is 0.198 e. The van der Waals surface area contributed by atoms with E-state index in [9.17, 15) is 14.7 Å². The Morgan fingerprint density at radius 3 is 2.00 bits per heavy atom. The number of nitrogens with one attached hydrogen (secondary N) is 2. The molecule has 0 atom stereocenters. The van der Waals surface area contributed by atoms with Crippen molar-refractivity contribution in [2.75, 3.05) is 17.2 Å². The SMILES string of the molecule is CCNc1ccc(Nc2ccc(O)c3c2C(=O)c2ccccc2C3=O)cc1. The standard InChI is InChI=1S/C22H18N2O3/c1-2-23-13-7-9-14(10-8-13)24-17-11-12-18(25)20-19(17)21(26)15-5-3-4-6-16(15)22(20)27/h3-12,23-25H,2H2,1H3. The third-order valence-electron chi connectivity index (χ3n) is 4.60. The first-order valence-electron chi connectivity index (χ1n) is 8.75. The summed E-state index contributed by atoms with van der Waals surface area (Å²) in [6, 6.07) is 17.4. The molecular formula is C22H18N2O3. The third kappa shape index (κ3) is 2.83. The Morgan fingerprint density at radius 1 is 0.778 bits per heavy atom. The van der Waals surface area contributed by atoms with E-state index in [2.05, 4.69) is 10.6 Å². The van der Waals surface area contributed by atoms with Gasteiger partial charge in [-0.2, -0.15) is 0 Å². The van der Waals surface area contributed by atoms with E-state index in [1.54, 1.807) is 30.3 Å². The minimum Gasteiger partial charge on any atom is -0.507 e. The average Bonchev–Trinajstić information content (AvgIpc) is 2.69. The molecule has 3 aromatic rings. The first-order valence-corrected chi connectivity index (χ1v) is 8.75. The molecule has 0 fully saturated rings. The topological polar surface area (TPSA) is 78.4 Å². The van der Waals surface area contributed by atoms with Crippen molar-refractivity contribution in [3.63, 3.8) is 0 Å². The van der Waals surface area contributed by atoms with Gasteiger partial charge in [-0.15, -0.1) is 0 Å². The Kier molecular flexibility index (Phi) is 4.12. The fourth-order valence-electron chi connectivity index (χ4n) is 3.34. The molecule has 0 aromatic heterocycles. The summed E-state index contributed by atoms with van der Waals surface area (Å²) in [5.74, 6) is -0.808. The first kappa shape index (κ1) is 16.8. The van der Waals surface area contributed by atoms with Crippen LogP contribution in [0.2, 0.25) is 0 Å². The molecule has 3 N–H and O–H groups in total. The minimum atomic E-state index is -0.344. The Hall–Kier alpha value is -3.60. The fourth-order valence-corrected chi connectivity index (χ4v) is 3.34. The van der Waals surface area contributed by atoms with Crippen LogP contribution in [0.25, 0.3) is 0 Å². The summed E-state index contributed by atoms with van der Waals surface area (Å²) in [5, 5.41) is 16.7. The second kappa shape index (κ2) is 6.61. The summed E-state index contributed by atoms with van der Waals surface area (Å²) in [6.07, 6.45) is 0. The molecule has 4 rings (SSSR count). The van der Waals surface area contributed by atoms with E-state index in [1.807, 2.05) is 31.2 Å². The predicted molar refractivity (Wildman–Crippen MR) is 105 cm³/mol. The lowest BCUT2D eigenvalue weighted by molar-refractivity contribution is 0.0977. The van der Waals surface area contributed by atoms with Gasteiger partial charge in [0.2, 0.25) is 0 Å². The summed E-state index contributed by atoms with van der Waals surface area (Å²) in [7, 11) is 0. The number of anilines is 3. The number of aromatic hydroxyl groups is 1. The van der Waals surface area contributed by atoms with Gasteiger partial charge in [0.25, 0.3) is 0 Å². The van der Waals surface area contributed by atoms with E-state index in [4.69, 9.17) is 0 Å². The maximum atomic E-state index is 13.0.